The summed E-state index contributed by atoms with van der Waals surface area (Å²) < 4.78 is 13.9. The van der Waals surface area contributed by atoms with Crippen molar-refractivity contribution in [1.82, 2.24) is 15.0 Å². The Morgan fingerprint density at radius 3 is 2.83 bits per heavy atom. The largest absolute Gasteiger partial charge is 0.336 e. The number of benzene rings is 1. The Morgan fingerprint density at radius 2 is 2.11 bits per heavy atom. The van der Waals surface area contributed by atoms with Crippen molar-refractivity contribution in [1.29, 1.82) is 0 Å². The lowest BCUT2D eigenvalue weighted by Crippen LogP contribution is -1.86. The lowest BCUT2D eigenvalue weighted by Gasteiger charge is -2.00. The van der Waals surface area contributed by atoms with Crippen LogP contribution in [0.1, 0.15) is 5.56 Å². The Bertz CT molecular complexity index is 736. The van der Waals surface area contributed by atoms with Crippen LogP contribution in [-0.4, -0.2) is 15.0 Å². The third kappa shape index (κ3) is 1.88. The van der Waals surface area contributed by atoms with E-state index in [4.69, 9.17) is 0 Å². The summed E-state index contributed by atoms with van der Waals surface area (Å²) >= 11 is 2.10. The molecular formula is C13H9FIN3. The number of halogens is 2. The van der Waals surface area contributed by atoms with Crippen LogP contribution in [0.2, 0.25) is 0 Å². The van der Waals surface area contributed by atoms with Crippen LogP contribution in [0.3, 0.4) is 0 Å². The summed E-state index contributed by atoms with van der Waals surface area (Å²) in [5.41, 5.74) is 3.59. The van der Waals surface area contributed by atoms with Crippen molar-refractivity contribution in [2.24, 2.45) is 0 Å². The third-order valence-corrected chi connectivity index (χ3v) is 3.68. The lowest BCUT2D eigenvalue weighted by molar-refractivity contribution is 0.627. The van der Waals surface area contributed by atoms with Gasteiger partial charge in [0.15, 0.2) is 5.65 Å². The van der Waals surface area contributed by atoms with Crippen LogP contribution in [0, 0.1) is 16.3 Å². The molecule has 5 heteroatoms. The van der Waals surface area contributed by atoms with E-state index >= 15 is 0 Å². The molecule has 0 fully saturated rings. The maximum Gasteiger partial charge on any atom is 0.178 e. The molecule has 0 aliphatic carbocycles. The summed E-state index contributed by atoms with van der Waals surface area (Å²) in [6.07, 6.45) is 1.73. The Morgan fingerprint density at radius 1 is 1.28 bits per heavy atom. The van der Waals surface area contributed by atoms with Gasteiger partial charge in [0.05, 0.1) is 5.52 Å². The smallest absolute Gasteiger partial charge is 0.178 e. The van der Waals surface area contributed by atoms with Crippen molar-refractivity contribution < 1.29 is 4.39 Å². The molecular weight excluding hydrogens is 344 g/mol. The number of rotatable bonds is 1. The second kappa shape index (κ2) is 4.31. The molecule has 2 heterocycles. The molecule has 1 aromatic carbocycles. The SMILES string of the molecule is Cc1ccnc2nc(-c3ccc(F)cc3I)[nH]c12. The van der Waals surface area contributed by atoms with Crippen LogP contribution < -0.4 is 0 Å². The molecule has 0 atom stereocenters. The summed E-state index contributed by atoms with van der Waals surface area (Å²) in [5, 5.41) is 0. The molecule has 0 aliphatic rings. The van der Waals surface area contributed by atoms with Crippen molar-refractivity contribution in [3.05, 3.63) is 45.4 Å². The van der Waals surface area contributed by atoms with Gasteiger partial charge in [-0.15, -0.1) is 0 Å². The number of imidazole rings is 1. The number of aromatic amines is 1. The van der Waals surface area contributed by atoms with Crippen molar-refractivity contribution in [3.8, 4) is 11.4 Å². The fourth-order valence-electron chi connectivity index (χ4n) is 1.84. The quantitative estimate of drug-likeness (QED) is 0.679. The van der Waals surface area contributed by atoms with Crippen LogP contribution in [0.25, 0.3) is 22.6 Å². The van der Waals surface area contributed by atoms with Gasteiger partial charge in [-0.1, -0.05) is 0 Å². The van der Waals surface area contributed by atoms with E-state index in [2.05, 4.69) is 37.5 Å². The zero-order valence-corrected chi connectivity index (χ0v) is 11.7. The molecule has 90 valence electrons. The first kappa shape index (κ1) is 11.6. The van der Waals surface area contributed by atoms with E-state index in [0.717, 1.165) is 26.0 Å². The van der Waals surface area contributed by atoms with E-state index < -0.39 is 0 Å². The number of aryl methyl sites for hydroxylation is 1. The van der Waals surface area contributed by atoms with E-state index in [1.165, 1.54) is 12.1 Å². The standard InChI is InChI=1S/C13H9FIN3/c1-7-4-5-16-13-11(7)17-12(18-13)9-3-2-8(14)6-10(9)15/h2-6H,1H3,(H,16,17,18). The number of nitrogens with zero attached hydrogens (tertiary/aromatic N) is 2. The highest BCUT2D eigenvalue weighted by Crippen LogP contribution is 2.26. The summed E-state index contributed by atoms with van der Waals surface area (Å²) in [5.74, 6) is 0.477. The molecule has 0 bridgehead atoms. The molecule has 3 aromatic rings. The minimum atomic E-state index is -0.242. The molecule has 0 aliphatic heterocycles. The Balaban J connectivity index is 2.23. The number of fused-ring (bicyclic) bond motifs is 1. The minimum Gasteiger partial charge on any atom is -0.336 e. The number of nitrogens with one attached hydrogen (secondary N) is 1. The fraction of sp³-hybridized carbons (Fsp3) is 0.0769. The summed E-state index contributed by atoms with van der Waals surface area (Å²) in [6.45, 7) is 2.00. The molecule has 0 saturated heterocycles. The second-order valence-corrected chi connectivity index (χ2v) is 5.20. The highest BCUT2D eigenvalue weighted by atomic mass is 127. The fourth-order valence-corrected chi connectivity index (χ4v) is 2.58. The molecule has 2 aromatic heterocycles. The number of hydrogen-bond donors (Lipinski definition) is 1. The number of pyridine rings is 1. The van der Waals surface area contributed by atoms with Crippen molar-refractivity contribution in [2.45, 2.75) is 6.92 Å². The van der Waals surface area contributed by atoms with Gasteiger partial charge in [-0.05, 0) is 59.3 Å². The van der Waals surface area contributed by atoms with Crippen LogP contribution in [0.4, 0.5) is 4.39 Å². The normalized spacial score (nSPS) is 11.1. The second-order valence-electron chi connectivity index (χ2n) is 4.04. The van der Waals surface area contributed by atoms with Crippen LogP contribution in [0.15, 0.2) is 30.5 Å². The first-order valence-corrected chi connectivity index (χ1v) is 6.50. The predicted molar refractivity (Wildman–Crippen MR) is 76.7 cm³/mol. The third-order valence-electron chi connectivity index (χ3n) is 2.79. The average Bonchev–Trinajstić information content (AvgIpc) is 2.74. The molecule has 3 rings (SSSR count). The van der Waals surface area contributed by atoms with Gasteiger partial charge in [-0.25, -0.2) is 14.4 Å². The first-order valence-electron chi connectivity index (χ1n) is 5.42. The van der Waals surface area contributed by atoms with E-state index in [1.54, 1.807) is 12.3 Å². The van der Waals surface area contributed by atoms with Gasteiger partial charge in [0.1, 0.15) is 11.6 Å². The highest BCUT2D eigenvalue weighted by Gasteiger charge is 2.10. The Kier molecular flexibility index (Phi) is 2.77. The molecule has 18 heavy (non-hydrogen) atoms. The van der Waals surface area contributed by atoms with Crippen LogP contribution in [-0.2, 0) is 0 Å². The van der Waals surface area contributed by atoms with E-state index in [9.17, 15) is 4.39 Å². The predicted octanol–water partition coefficient (Wildman–Crippen LogP) is 3.68. The van der Waals surface area contributed by atoms with Gasteiger partial charge in [-0.2, -0.15) is 0 Å². The maximum atomic E-state index is 13.1. The van der Waals surface area contributed by atoms with Crippen molar-refractivity contribution >= 4 is 33.8 Å². The summed E-state index contributed by atoms with van der Waals surface area (Å²) in [6, 6.07) is 6.58. The van der Waals surface area contributed by atoms with Crippen molar-refractivity contribution in [2.75, 3.05) is 0 Å². The maximum absolute atomic E-state index is 13.1. The van der Waals surface area contributed by atoms with Crippen LogP contribution >= 0.6 is 22.6 Å². The Hall–Kier alpha value is -1.50. The van der Waals surface area contributed by atoms with Crippen molar-refractivity contribution in [3.63, 3.8) is 0 Å². The molecule has 3 nitrogen and oxygen atoms in total. The topological polar surface area (TPSA) is 41.6 Å². The van der Waals surface area contributed by atoms with E-state index in [1.807, 2.05) is 13.0 Å². The van der Waals surface area contributed by atoms with Crippen LogP contribution in [0.5, 0.6) is 0 Å². The molecule has 0 spiro atoms. The summed E-state index contributed by atoms with van der Waals surface area (Å²) in [7, 11) is 0. The molecule has 0 unspecified atom stereocenters. The molecule has 0 radical (unpaired) electrons. The molecule has 1 N–H and O–H groups in total. The molecule has 0 saturated carbocycles. The lowest BCUT2D eigenvalue weighted by atomic mass is 10.2. The zero-order valence-electron chi connectivity index (χ0n) is 9.54. The number of H-pyrrole nitrogens is 1. The Labute approximate surface area is 117 Å². The monoisotopic (exact) mass is 353 g/mol. The molecule has 0 amide bonds. The number of hydrogen-bond acceptors (Lipinski definition) is 2. The van der Waals surface area contributed by atoms with Gasteiger partial charge >= 0.3 is 0 Å². The number of aromatic nitrogens is 3. The average molecular weight is 353 g/mol. The van der Waals surface area contributed by atoms with Gasteiger partial charge in [-0.3, -0.25) is 0 Å². The summed E-state index contributed by atoms with van der Waals surface area (Å²) in [4.78, 5) is 11.9. The van der Waals surface area contributed by atoms with E-state index in [-0.39, 0.29) is 5.82 Å². The zero-order chi connectivity index (χ0) is 12.7. The van der Waals surface area contributed by atoms with Gasteiger partial charge in [0.25, 0.3) is 0 Å². The first-order chi connectivity index (χ1) is 8.65. The van der Waals surface area contributed by atoms with E-state index in [0.29, 0.717) is 5.65 Å². The minimum absolute atomic E-state index is 0.242. The van der Waals surface area contributed by atoms with Gasteiger partial charge in [0, 0.05) is 15.3 Å². The van der Waals surface area contributed by atoms with Gasteiger partial charge < -0.3 is 4.98 Å². The highest BCUT2D eigenvalue weighted by molar-refractivity contribution is 14.1. The van der Waals surface area contributed by atoms with Gasteiger partial charge in [0.2, 0.25) is 0 Å².